The molecule has 1 heterocycles. The normalized spacial score (nSPS) is 10.9. The third-order valence-electron chi connectivity index (χ3n) is 4.01. The number of carbonyl (C=O) groups excluding carboxylic acids is 2. The SMILES string of the molecule is CN(c1cccc(Cl)c1)S(=O)(=O)c1cccc(C(=O)NNC(=O)c2cnccn2)c1. The number of aromatic nitrogens is 2. The molecule has 154 valence electrons. The molecule has 0 spiro atoms. The van der Waals surface area contributed by atoms with Crippen molar-refractivity contribution in [2.24, 2.45) is 0 Å². The van der Waals surface area contributed by atoms with Crippen molar-refractivity contribution in [2.75, 3.05) is 11.4 Å². The number of rotatable bonds is 5. The van der Waals surface area contributed by atoms with Crippen LogP contribution in [0.2, 0.25) is 5.02 Å². The Kier molecular flexibility index (Phi) is 6.28. The number of hydrogen-bond acceptors (Lipinski definition) is 6. The maximum absolute atomic E-state index is 12.9. The molecule has 11 heteroatoms. The van der Waals surface area contributed by atoms with Gasteiger partial charge in [0.1, 0.15) is 5.69 Å². The van der Waals surface area contributed by atoms with Crippen molar-refractivity contribution in [2.45, 2.75) is 4.90 Å². The summed E-state index contributed by atoms with van der Waals surface area (Å²) in [4.78, 5) is 31.8. The van der Waals surface area contributed by atoms with Crippen molar-refractivity contribution in [1.82, 2.24) is 20.8 Å². The van der Waals surface area contributed by atoms with Crippen LogP contribution in [0.3, 0.4) is 0 Å². The van der Waals surface area contributed by atoms with E-state index in [2.05, 4.69) is 20.8 Å². The van der Waals surface area contributed by atoms with Crippen LogP contribution in [-0.2, 0) is 10.0 Å². The minimum atomic E-state index is -3.95. The number of amides is 2. The van der Waals surface area contributed by atoms with E-state index >= 15 is 0 Å². The van der Waals surface area contributed by atoms with Gasteiger partial charge in [-0.25, -0.2) is 13.4 Å². The van der Waals surface area contributed by atoms with Crippen molar-refractivity contribution in [3.63, 3.8) is 0 Å². The Labute approximate surface area is 177 Å². The molecule has 9 nitrogen and oxygen atoms in total. The van der Waals surface area contributed by atoms with Crippen LogP contribution in [0.5, 0.6) is 0 Å². The molecule has 0 atom stereocenters. The van der Waals surface area contributed by atoms with E-state index in [-0.39, 0.29) is 16.2 Å². The van der Waals surface area contributed by atoms with Gasteiger partial charge < -0.3 is 0 Å². The third kappa shape index (κ3) is 4.73. The van der Waals surface area contributed by atoms with Crippen LogP contribution in [0.1, 0.15) is 20.8 Å². The lowest BCUT2D eigenvalue weighted by atomic mass is 10.2. The predicted octanol–water partition coefficient (Wildman–Crippen LogP) is 2.03. The van der Waals surface area contributed by atoms with E-state index in [1.807, 2.05) is 0 Å². The molecule has 0 bridgehead atoms. The van der Waals surface area contributed by atoms with Gasteiger partial charge >= 0.3 is 0 Å². The summed E-state index contributed by atoms with van der Waals surface area (Å²) >= 11 is 5.94. The van der Waals surface area contributed by atoms with E-state index in [4.69, 9.17) is 11.6 Å². The van der Waals surface area contributed by atoms with E-state index in [9.17, 15) is 18.0 Å². The van der Waals surface area contributed by atoms with Crippen LogP contribution in [0, 0.1) is 0 Å². The molecule has 0 fully saturated rings. The van der Waals surface area contributed by atoms with Crippen molar-refractivity contribution < 1.29 is 18.0 Å². The molecule has 0 aliphatic heterocycles. The number of benzene rings is 2. The molecule has 30 heavy (non-hydrogen) atoms. The summed E-state index contributed by atoms with van der Waals surface area (Å²) in [6.07, 6.45) is 3.98. The average molecular weight is 446 g/mol. The van der Waals surface area contributed by atoms with Crippen LogP contribution >= 0.6 is 11.6 Å². The highest BCUT2D eigenvalue weighted by atomic mass is 35.5. The lowest BCUT2D eigenvalue weighted by molar-refractivity contribution is 0.0843. The Balaban J connectivity index is 1.76. The van der Waals surface area contributed by atoms with Crippen LogP contribution in [0.15, 0.2) is 72.0 Å². The van der Waals surface area contributed by atoms with Gasteiger partial charge in [-0.3, -0.25) is 29.7 Å². The zero-order chi connectivity index (χ0) is 21.7. The number of anilines is 1. The Bertz CT molecular complexity index is 1190. The summed E-state index contributed by atoms with van der Waals surface area (Å²) in [6.45, 7) is 0. The number of nitrogens with zero attached hydrogens (tertiary/aromatic N) is 3. The molecule has 0 saturated heterocycles. The second-order valence-electron chi connectivity index (χ2n) is 5.98. The Morgan fingerprint density at radius 2 is 1.73 bits per heavy atom. The zero-order valence-corrected chi connectivity index (χ0v) is 17.2. The van der Waals surface area contributed by atoms with Gasteiger partial charge in [-0.15, -0.1) is 0 Å². The van der Waals surface area contributed by atoms with Gasteiger partial charge in [-0.1, -0.05) is 23.7 Å². The molecule has 0 unspecified atom stereocenters. The van der Waals surface area contributed by atoms with Crippen molar-refractivity contribution in [1.29, 1.82) is 0 Å². The van der Waals surface area contributed by atoms with E-state index in [1.165, 1.54) is 56.0 Å². The lowest BCUT2D eigenvalue weighted by Crippen LogP contribution is -2.42. The number of nitrogens with one attached hydrogen (secondary N) is 2. The number of halogens is 1. The van der Waals surface area contributed by atoms with Gasteiger partial charge in [0, 0.05) is 30.0 Å². The van der Waals surface area contributed by atoms with Gasteiger partial charge in [-0.05, 0) is 36.4 Å². The topological polar surface area (TPSA) is 121 Å². The maximum Gasteiger partial charge on any atom is 0.289 e. The Hall–Kier alpha value is -3.50. The molecule has 0 aliphatic rings. The van der Waals surface area contributed by atoms with E-state index < -0.39 is 21.8 Å². The summed E-state index contributed by atoms with van der Waals surface area (Å²) in [5.41, 5.74) is 4.82. The first-order valence-corrected chi connectivity index (χ1v) is 10.3. The summed E-state index contributed by atoms with van der Waals surface area (Å²) in [7, 11) is -2.57. The van der Waals surface area contributed by atoms with Gasteiger partial charge in [0.05, 0.1) is 16.8 Å². The zero-order valence-electron chi connectivity index (χ0n) is 15.6. The molecular formula is C19H16ClN5O4S. The highest BCUT2D eigenvalue weighted by molar-refractivity contribution is 7.92. The molecule has 2 N–H and O–H groups in total. The van der Waals surface area contributed by atoms with E-state index in [1.54, 1.807) is 18.2 Å². The van der Waals surface area contributed by atoms with Crippen LogP contribution in [0.25, 0.3) is 0 Å². The quantitative estimate of drug-likeness (QED) is 0.579. The monoisotopic (exact) mass is 445 g/mol. The smallest absolute Gasteiger partial charge is 0.269 e. The molecule has 2 aromatic carbocycles. The number of hydrogen-bond donors (Lipinski definition) is 2. The first kappa shape index (κ1) is 21.2. The number of sulfonamides is 1. The van der Waals surface area contributed by atoms with Crippen LogP contribution in [-0.4, -0.2) is 37.2 Å². The van der Waals surface area contributed by atoms with Gasteiger partial charge in [0.2, 0.25) is 0 Å². The summed E-state index contributed by atoms with van der Waals surface area (Å²) in [6, 6.07) is 11.8. The second-order valence-corrected chi connectivity index (χ2v) is 8.38. The standard InChI is InChI=1S/C19H16ClN5O4S/c1-25(15-6-3-5-14(20)11-15)30(28,29)16-7-2-4-13(10-16)18(26)23-24-19(27)17-12-21-8-9-22-17/h2-12H,1H3,(H,23,26)(H,24,27). The first-order valence-electron chi connectivity index (χ1n) is 8.50. The molecule has 0 radical (unpaired) electrons. The average Bonchev–Trinajstić information content (AvgIpc) is 2.77. The van der Waals surface area contributed by atoms with Crippen molar-refractivity contribution >= 4 is 39.1 Å². The van der Waals surface area contributed by atoms with Gasteiger partial charge in [-0.2, -0.15) is 0 Å². The first-order chi connectivity index (χ1) is 14.3. The molecular weight excluding hydrogens is 430 g/mol. The summed E-state index contributed by atoms with van der Waals surface area (Å²) in [5, 5.41) is 0.390. The molecule has 3 rings (SSSR count). The minimum Gasteiger partial charge on any atom is -0.269 e. The molecule has 2 amide bonds. The van der Waals surface area contributed by atoms with Gasteiger partial charge in [0.25, 0.3) is 21.8 Å². The van der Waals surface area contributed by atoms with E-state index in [0.717, 1.165) is 4.31 Å². The third-order valence-corrected chi connectivity index (χ3v) is 6.03. The summed E-state index contributed by atoms with van der Waals surface area (Å²) < 4.78 is 26.9. The van der Waals surface area contributed by atoms with Crippen molar-refractivity contribution in [3.8, 4) is 0 Å². The summed E-state index contributed by atoms with van der Waals surface area (Å²) in [5.74, 6) is -1.37. The number of hydrazine groups is 1. The Morgan fingerprint density at radius 3 is 2.43 bits per heavy atom. The molecule has 0 saturated carbocycles. The van der Waals surface area contributed by atoms with E-state index in [0.29, 0.717) is 10.7 Å². The largest absolute Gasteiger partial charge is 0.289 e. The van der Waals surface area contributed by atoms with Crippen LogP contribution < -0.4 is 15.2 Å². The predicted molar refractivity (Wildman–Crippen MR) is 110 cm³/mol. The highest BCUT2D eigenvalue weighted by Gasteiger charge is 2.23. The Morgan fingerprint density at radius 1 is 1.00 bits per heavy atom. The molecule has 1 aromatic heterocycles. The van der Waals surface area contributed by atoms with Gasteiger partial charge in [0.15, 0.2) is 0 Å². The lowest BCUT2D eigenvalue weighted by Gasteiger charge is -2.20. The highest BCUT2D eigenvalue weighted by Crippen LogP contribution is 2.25. The minimum absolute atomic E-state index is 0.0114. The molecule has 0 aliphatic carbocycles. The fraction of sp³-hybridized carbons (Fsp3) is 0.0526. The van der Waals surface area contributed by atoms with Crippen LogP contribution in [0.4, 0.5) is 5.69 Å². The maximum atomic E-state index is 12.9. The fourth-order valence-corrected chi connectivity index (χ4v) is 3.85. The number of carbonyl (C=O) groups is 2. The fourth-order valence-electron chi connectivity index (χ4n) is 2.43. The molecule has 3 aromatic rings. The van der Waals surface area contributed by atoms with Crippen molar-refractivity contribution in [3.05, 3.63) is 83.4 Å². The second kappa shape index (κ2) is 8.89.